The van der Waals surface area contributed by atoms with E-state index in [-0.39, 0.29) is 12.3 Å². The number of hydrogen-bond acceptors (Lipinski definition) is 3. The lowest BCUT2D eigenvalue weighted by Crippen LogP contribution is -2.34. The highest BCUT2D eigenvalue weighted by molar-refractivity contribution is 5.77. The summed E-state index contributed by atoms with van der Waals surface area (Å²) in [5.74, 6) is -2.49. The van der Waals surface area contributed by atoms with Crippen LogP contribution in [0, 0.1) is 5.82 Å². The lowest BCUT2D eigenvalue weighted by molar-refractivity contribution is -0.139. The molecule has 1 rings (SSSR count). The molecule has 0 aliphatic rings. The summed E-state index contributed by atoms with van der Waals surface area (Å²) in [4.78, 5) is 10.8. The fourth-order valence-electron chi connectivity index (χ4n) is 1.34. The highest BCUT2D eigenvalue weighted by Crippen LogP contribution is 2.31. The standard InChI is InChI=1S/C11H11F4NO3/c1-19-5-9(10(17)18)16-8-3-2-6(4-7(8)12)11(13,14)15/h2-4,9,16H,5H2,1H3,(H,17,18). The molecule has 1 unspecified atom stereocenters. The van der Waals surface area contributed by atoms with Gasteiger partial charge in [-0.05, 0) is 18.2 Å². The first-order chi connectivity index (χ1) is 8.75. The second-order valence-electron chi connectivity index (χ2n) is 3.68. The minimum absolute atomic E-state index is 0.254. The number of halogens is 4. The van der Waals surface area contributed by atoms with Gasteiger partial charge in [-0.15, -0.1) is 0 Å². The summed E-state index contributed by atoms with van der Waals surface area (Å²) in [6.07, 6.45) is -4.65. The van der Waals surface area contributed by atoms with E-state index in [1.807, 2.05) is 0 Å². The smallest absolute Gasteiger partial charge is 0.416 e. The maximum atomic E-state index is 13.4. The summed E-state index contributed by atoms with van der Waals surface area (Å²) in [6, 6.07) is 0.547. The van der Waals surface area contributed by atoms with E-state index in [9.17, 15) is 22.4 Å². The summed E-state index contributed by atoms with van der Waals surface area (Å²) in [5, 5.41) is 11.1. The Kier molecular flexibility index (Phi) is 4.71. The Morgan fingerprint density at radius 1 is 1.47 bits per heavy atom. The van der Waals surface area contributed by atoms with Crippen LogP contribution >= 0.6 is 0 Å². The monoisotopic (exact) mass is 281 g/mol. The number of carboxylic acids is 1. The van der Waals surface area contributed by atoms with Crippen LogP contribution in [0.4, 0.5) is 23.2 Å². The molecule has 0 aliphatic heterocycles. The minimum Gasteiger partial charge on any atom is -0.480 e. The van der Waals surface area contributed by atoms with Crippen LogP contribution in [-0.2, 0) is 15.7 Å². The number of carboxylic acid groups (broad SMARTS) is 1. The van der Waals surface area contributed by atoms with Gasteiger partial charge < -0.3 is 15.2 Å². The van der Waals surface area contributed by atoms with Crippen molar-refractivity contribution < 1.29 is 32.2 Å². The number of anilines is 1. The van der Waals surface area contributed by atoms with E-state index in [1.54, 1.807) is 0 Å². The van der Waals surface area contributed by atoms with Gasteiger partial charge in [0.15, 0.2) is 0 Å². The van der Waals surface area contributed by atoms with Crippen LogP contribution in [0.15, 0.2) is 18.2 Å². The fourth-order valence-corrected chi connectivity index (χ4v) is 1.34. The van der Waals surface area contributed by atoms with Crippen molar-refractivity contribution in [3.8, 4) is 0 Å². The molecule has 1 atom stereocenters. The number of methoxy groups -OCH3 is 1. The van der Waals surface area contributed by atoms with Crippen LogP contribution in [0.25, 0.3) is 0 Å². The normalized spacial score (nSPS) is 13.1. The van der Waals surface area contributed by atoms with Gasteiger partial charge in [-0.1, -0.05) is 0 Å². The third-order valence-corrected chi connectivity index (χ3v) is 2.26. The molecule has 4 nitrogen and oxygen atoms in total. The lowest BCUT2D eigenvalue weighted by atomic mass is 10.1. The first kappa shape index (κ1) is 15.2. The quantitative estimate of drug-likeness (QED) is 0.813. The van der Waals surface area contributed by atoms with Crippen LogP contribution < -0.4 is 5.32 Å². The summed E-state index contributed by atoms with van der Waals surface area (Å²) in [6.45, 7) is -0.254. The molecule has 1 aromatic carbocycles. The summed E-state index contributed by atoms with van der Waals surface area (Å²) in [7, 11) is 1.25. The molecule has 19 heavy (non-hydrogen) atoms. The van der Waals surface area contributed by atoms with Crippen molar-refractivity contribution in [3.63, 3.8) is 0 Å². The Morgan fingerprint density at radius 2 is 2.11 bits per heavy atom. The Morgan fingerprint density at radius 3 is 2.53 bits per heavy atom. The van der Waals surface area contributed by atoms with E-state index in [4.69, 9.17) is 5.11 Å². The molecule has 8 heteroatoms. The fraction of sp³-hybridized carbons (Fsp3) is 0.364. The van der Waals surface area contributed by atoms with E-state index >= 15 is 0 Å². The Bertz CT molecular complexity index is 462. The number of hydrogen-bond donors (Lipinski definition) is 2. The zero-order chi connectivity index (χ0) is 14.6. The molecule has 0 saturated carbocycles. The number of nitrogens with one attached hydrogen (secondary N) is 1. The number of alkyl halides is 3. The largest absolute Gasteiger partial charge is 0.480 e. The topological polar surface area (TPSA) is 58.6 Å². The van der Waals surface area contributed by atoms with Gasteiger partial charge in [-0.2, -0.15) is 13.2 Å². The van der Waals surface area contributed by atoms with Gasteiger partial charge in [0.25, 0.3) is 0 Å². The van der Waals surface area contributed by atoms with Crippen LogP contribution in [0.2, 0.25) is 0 Å². The van der Waals surface area contributed by atoms with Crippen molar-refractivity contribution in [1.82, 2.24) is 0 Å². The van der Waals surface area contributed by atoms with Gasteiger partial charge in [0.1, 0.15) is 11.9 Å². The van der Waals surface area contributed by atoms with E-state index in [0.717, 1.165) is 6.07 Å². The number of carbonyl (C=O) groups is 1. The summed E-state index contributed by atoms with van der Waals surface area (Å²) >= 11 is 0. The van der Waals surface area contributed by atoms with E-state index in [0.29, 0.717) is 12.1 Å². The molecule has 2 N–H and O–H groups in total. The molecule has 0 heterocycles. The lowest BCUT2D eigenvalue weighted by Gasteiger charge is -2.16. The van der Waals surface area contributed by atoms with Gasteiger partial charge in [0.2, 0.25) is 0 Å². The maximum absolute atomic E-state index is 13.4. The van der Waals surface area contributed by atoms with Crippen molar-refractivity contribution in [1.29, 1.82) is 0 Å². The number of rotatable bonds is 5. The van der Waals surface area contributed by atoms with Gasteiger partial charge >= 0.3 is 12.1 Å². The van der Waals surface area contributed by atoms with Gasteiger partial charge in [-0.3, -0.25) is 0 Å². The zero-order valence-electron chi connectivity index (χ0n) is 9.79. The molecule has 106 valence electrons. The Hall–Kier alpha value is -1.83. The van der Waals surface area contributed by atoms with Crippen molar-refractivity contribution >= 4 is 11.7 Å². The van der Waals surface area contributed by atoms with Crippen LogP contribution in [0.1, 0.15) is 5.56 Å². The molecule has 0 amide bonds. The average Bonchev–Trinajstić information content (AvgIpc) is 2.29. The van der Waals surface area contributed by atoms with E-state index in [2.05, 4.69) is 10.1 Å². The summed E-state index contributed by atoms with van der Waals surface area (Å²) < 4.78 is 55.0. The first-order valence-corrected chi connectivity index (χ1v) is 5.10. The zero-order valence-corrected chi connectivity index (χ0v) is 9.79. The molecule has 0 spiro atoms. The third kappa shape index (κ3) is 4.09. The van der Waals surface area contributed by atoms with Gasteiger partial charge in [0, 0.05) is 7.11 Å². The maximum Gasteiger partial charge on any atom is 0.416 e. The molecule has 0 aliphatic carbocycles. The number of ether oxygens (including phenoxy) is 1. The Balaban J connectivity index is 2.93. The average molecular weight is 281 g/mol. The Labute approximate surface area is 106 Å². The van der Waals surface area contributed by atoms with E-state index < -0.39 is 29.6 Å². The first-order valence-electron chi connectivity index (χ1n) is 5.10. The van der Waals surface area contributed by atoms with Crippen molar-refractivity contribution in [3.05, 3.63) is 29.6 Å². The van der Waals surface area contributed by atoms with Crippen molar-refractivity contribution in [2.75, 3.05) is 19.0 Å². The van der Waals surface area contributed by atoms with Crippen molar-refractivity contribution in [2.45, 2.75) is 12.2 Å². The molecule has 0 bridgehead atoms. The predicted molar refractivity (Wildman–Crippen MR) is 58.3 cm³/mol. The molecular formula is C11H11F4NO3. The molecule has 0 radical (unpaired) electrons. The van der Waals surface area contributed by atoms with Crippen molar-refractivity contribution in [2.24, 2.45) is 0 Å². The summed E-state index contributed by atoms with van der Waals surface area (Å²) in [5.41, 5.74) is -1.48. The second kappa shape index (κ2) is 5.87. The molecule has 0 saturated heterocycles. The SMILES string of the molecule is COCC(Nc1ccc(C(F)(F)F)cc1F)C(=O)O. The number of benzene rings is 1. The van der Waals surface area contributed by atoms with Gasteiger partial charge in [0.05, 0.1) is 17.9 Å². The van der Waals surface area contributed by atoms with Crippen LogP contribution in [0.5, 0.6) is 0 Å². The minimum atomic E-state index is -4.65. The highest BCUT2D eigenvalue weighted by Gasteiger charge is 2.31. The van der Waals surface area contributed by atoms with Gasteiger partial charge in [-0.25, -0.2) is 9.18 Å². The number of aliphatic carboxylic acids is 1. The molecular weight excluding hydrogens is 270 g/mol. The second-order valence-corrected chi connectivity index (χ2v) is 3.68. The predicted octanol–water partition coefficient (Wildman–Crippen LogP) is 2.36. The molecule has 0 fully saturated rings. The van der Waals surface area contributed by atoms with Crippen LogP contribution in [0.3, 0.4) is 0 Å². The molecule has 0 aromatic heterocycles. The van der Waals surface area contributed by atoms with E-state index in [1.165, 1.54) is 7.11 Å². The third-order valence-electron chi connectivity index (χ3n) is 2.26. The molecule has 1 aromatic rings. The van der Waals surface area contributed by atoms with Crippen LogP contribution in [-0.4, -0.2) is 30.8 Å². The highest BCUT2D eigenvalue weighted by atomic mass is 19.4.